The highest BCUT2D eigenvalue weighted by Gasteiger charge is 2.27. The molecule has 8 nitrogen and oxygen atoms in total. The molecule has 0 heterocycles. The fourth-order valence-electron chi connectivity index (χ4n) is 3.36. The number of aromatic hydroxyl groups is 1. The second kappa shape index (κ2) is 12.5. The van der Waals surface area contributed by atoms with Crippen molar-refractivity contribution in [2.24, 2.45) is 0 Å². The van der Waals surface area contributed by atoms with Gasteiger partial charge in [0.15, 0.2) is 0 Å². The van der Waals surface area contributed by atoms with Crippen molar-refractivity contribution in [3.05, 3.63) is 65.7 Å². The lowest BCUT2D eigenvalue weighted by Gasteiger charge is -2.22. The number of methoxy groups -OCH3 is 1. The van der Waals surface area contributed by atoms with Gasteiger partial charge in [-0.2, -0.15) is 0 Å². The molecule has 0 aliphatic heterocycles. The number of carbonyl (C=O) groups is 3. The van der Waals surface area contributed by atoms with Gasteiger partial charge in [0.2, 0.25) is 5.91 Å². The fraction of sp³-hybridized carbons (Fsp3) is 0.375. The maximum atomic E-state index is 12.8. The van der Waals surface area contributed by atoms with Gasteiger partial charge in [0.05, 0.1) is 19.6 Å². The predicted octanol–water partition coefficient (Wildman–Crippen LogP) is 2.22. The fourth-order valence-corrected chi connectivity index (χ4v) is 3.36. The van der Waals surface area contributed by atoms with E-state index in [1.165, 1.54) is 7.11 Å². The quantitative estimate of drug-likeness (QED) is 0.372. The first-order chi connectivity index (χ1) is 15.3. The monoisotopic (exact) mass is 442 g/mol. The summed E-state index contributed by atoms with van der Waals surface area (Å²) in [6.07, 6.45) is 0.427. The molecule has 1 amide bonds. The molecule has 0 unspecified atom stereocenters. The van der Waals surface area contributed by atoms with Crippen molar-refractivity contribution in [1.82, 2.24) is 10.6 Å². The Labute approximate surface area is 187 Å². The number of carboxylic acid groups (broad SMARTS) is 1. The number of nitrogens with one attached hydrogen (secondary N) is 2. The number of rotatable bonds is 12. The van der Waals surface area contributed by atoms with Gasteiger partial charge in [0, 0.05) is 6.42 Å². The third-order valence-electron chi connectivity index (χ3n) is 5.19. The second-order valence-electron chi connectivity index (χ2n) is 7.66. The van der Waals surface area contributed by atoms with Crippen LogP contribution in [0.2, 0.25) is 0 Å². The van der Waals surface area contributed by atoms with Gasteiger partial charge in [-0.05, 0) is 42.1 Å². The number of carbonyl (C=O) groups excluding carboxylic acids is 2. The van der Waals surface area contributed by atoms with Gasteiger partial charge in [0.1, 0.15) is 11.8 Å². The summed E-state index contributed by atoms with van der Waals surface area (Å²) < 4.78 is 4.81. The summed E-state index contributed by atoms with van der Waals surface area (Å²) in [5.74, 6) is -2.05. The highest BCUT2D eigenvalue weighted by Crippen LogP contribution is 2.22. The number of phenolic OH excluding ortho intramolecular Hbond substituents is 1. The van der Waals surface area contributed by atoms with Crippen LogP contribution in [0, 0.1) is 0 Å². The molecule has 3 atom stereocenters. The van der Waals surface area contributed by atoms with Crippen molar-refractivity contribution in [3.63, 3.8) is 0 Å². The number of esters is 1. The maximum Gasteiger partial charge on any atom is 0.328 e. The predicted molar refractivity (Wildman–Crippen MR) is 119 cm³/mol. The topological polar surface area (TPSA) is 125 Å². The highest BCUT2D eigenvalue weighted by atomic mass is 16.5. The summed E-state index contributed by atoms with van der Waals surface area (Å²) in [5, 5.41) is 24.5. The molecule has 2 rings (SSSR count). The van der Waals surface area contributed by atoms with E-state index in [1.807, 2.05) is 43.3 Å². The standard InChI is InChI=1S/C24H30N2O6/c1-16(18-9-6-10-19(27)14-18)11-12-25-20(15-22(28)29)23(30)26-21(24(31)32-2)13-17-7-4-3-5-8-17/h3-10,14,16,20-21,25,27H,11-13,15H2,1-2H3,(H,26,30)(H,28,29)/t16-,20-,21-/m0/s1. The number of amides is 1. The number of hydrogen-bond donors (Lipinski definition) is 4. The Hall–Kier alpha value is -3.39. The number of ether oxygens (including phenoxy) is 1. The minimum atomic E-state index is -1.13. The van der Waals surface area contributed by atoms with E-state index in [1.54, 1.807) is 18.2 Å². The average molecular weight is 443 g/mol. The molecule has 0 fully saturated rings. The van der Waals surface area contributed by atoms with E-state index in [0.29, 0.717) is 13.0 Å². The first kappa shape index (κ1) is 24.9. The summed E-state index contributed by atoms with van der Waals surface area (Å²) >= 11 is 0. The summed E-state index contributed by atoms with van der Waals surface area (Å²) in [6, 6.07) is 14.2. The molecule has 2 aromatic rings. The zero-order valence-electron chi connectivity index (χ0n) is 18.3. The van der Waals surface area contributed by atoms with Crippen LogP contribution in [0.3, 0.4) is 0 Å². The number of hydrogen-bond acceptors (Lipinski definition) is 6. The molecule has 0 bridgehead atoms. The summed E-state index contributed by atoms with van der Waals surface area (Å²) in [4.78, 5) is 36.3. The zero-order chi connectivity index (χ0) is 23.5. The Morgan fingerprint density at radius 3 is 2.38 bits per heavy atom. The Morgan fingerprint density at radius 2 is 1.75 bits per heavy atom. The molecule has 32 heavy (non-hydrogen) atoms. The number of benzene rings is 2. The van der Waals surface area contributed by atoms with Crippen LogP contribution in [0.4, 0.5) is 0 Å². The molecule has 0 spiro atoms. The van der Waals surface area contributed by atoms with E-state index in [2.05, 4.69) is 10.6 Å². The lowest BCUT2D eigenvalue weighted by atomic mass is 9.97. The Balaban J connectivity index is 2.00. The highest BCUT2D eigenvalue weighted by molar-refractivity contribution is 5.90. The molecule has 2 aromatic carbocycles. The van der Waals surface area contributed by atoms with Gasteiger partial charge >= 0.3 is 11.9 Å². The van der Waals surface area contributed by atoms with Crippen LogP contribution in [0.5, 0.6) is 5.75 Å². The molecule has 0 saturated carbocycles. The molecule has 8 heteroatoms. The third-order valence-corrected chi connectivity index (χ3v) is 5.19. The summed E-state index contributed by atoms with van der Waals surface area (Å²) in [7, 11) is 1.24. The second-order valence-corrected chi connectivity index (χ2v) is 7.66. The number of aliphatic carboxylic acids is 1. The minimum absolute atomic E-state index is 0.0871. The molecule has 0 radical (unpaired) electrons. The van der Waals surface area contributed by atoms with Gasteiger partial charge in [-0.1, -0.05) is 49.4 Å². The molecule has 0 aliphatic carbocycles. The largest absolute Gasteiger partial charge is 0.508 e. The Kier molecular flexibility index (Phi) is 9.69. The van der Waals surface area contributed by atoms with Crippen molar-refractivity contribution < 1.29 is 29.3 Å². The van der Waals surface area contributed by atoms with E-state index < -0.39 is 36.4 Å². The van der Waals surface area contributed by atoms with Gasteiger partial charge < -0.3 is 25.6 Å². The van der Waals surface area contributed by atoms with Gasteiger partial charge in [-0.15, -0.1) is 0 Å². The van der Waals surface area contributed by atoms with Gasteiger partial charge in [-0.3, -0.25) is 9.59 Å². The lowest BCUT2D eigenvalue weighted by Crippen LogP contribution is -2.52. The number of carboxylic acids is 1. The third kappa shape index (κ3) is 8.03. The maximum absolute atomic E-state index is 12.8. The normalized spacial score (nSPS) is 13.6. The Morgan fingerprint density at radius 1 is 1.03 bits per heavy atom. The van der Waals surface area contributed by atoms with E-state index in [-0.39, 0.29) is 18.1 Å². The molecule has 4 N–H and O–H groups in total. The van der Waals surface area contributed by atoms with Gasteiger partial charge in [-0.25, -0.2) is 4.79 Å². The van der Waals surface area contributed by atoms with Crippen LogP contribution in [-0.4, -0.2) is 53.8 Å². The lowest BCUT2D eigenvalue weighted by molar-refractivity contribution is -0.145. The van der Waals surface area contributed by atoms with Crippen LogP contribution >= 0.6 is 0 Å². The molecule has 0 aliphatic rings. The number of phenols is 1. The SMILES string of the molecule is COC(=O)[C@H](Cc1ccccc1)NC(=O)[C@H](CC(=O)O)NCC[C@H](C)c1cccc(O)c1. The average Bonchev–Trinajstić information content (AvgIpc) is 2.77. The van der Waals surface area contributed by atoms with Crippen molar-refractivity contribution in [3.8, 4) is 5.75 Å². The smallest absolute Gasteiger partial charge is 0.328 e. The van der Waals surface area contributed by atoms with Crippen LogP contribution < -0.4 is 10.6 Å². The molecular formula is C24H30N2O6. The van der Waals surface area contributed by atoms with E-state index in [0.717, 1.165) is 11.1 Å². The zero-order valence-corrected chi connectivity index (χ0v) is 18.3. The minimum Gasteiger partial charge on any atom is -0.508 e. The first-order valence-electron chi connectivity index (χ1n) is 10.5. The van der Waals surface area contributed by atoms with Crippen LogP contribution in [0.25, 0.3) is 0 Å². The van der Waals surface area contributed by atoms with E-state index >= 15 is 0 Å². The van der Waals surface area contributed by atoms with E-state index in [4.69, 9.17) is 4.74 Å². The van der Waals surface area contributed by atoms with Crippen LogP contribution in [0.15, 0.2) is 54.6 Å². The van der Waals surface area contributed by atoms with Crippen LogP contribution in [0.1, 0.15) is 36.8 Å². The van der Waals surface area contributed by atoms with E-state index in [9.17, 15) is 24.6 Å². The summed E-state index contributed by atoms with van der Waals surface area (Å²) in [5.41, 5.74) is 1.78. The van der Waals surface area contributed by atoms with Crippen molar-refractivity contribution >= 4 is 17.8 Å². The van der Waals surface area contributed by atoms with Crippen LogP contribution in [-0.2, 0) is 25.5 Å². The summed E-state index contributed by atoms with van der Waals surface area (Å²) in [6.45, 7) is 2.36. The molecule has 0 saturated heterocycles. The molecule has 0 aromatic heterocycles. The first-order valence-corrected chi connectivity index (χ1v) is 10.5. The Bertz CT molecular complexity index is 902. The van der Waals surface area contributed by atoms with Gasteiger partial charge in [0.25, 0.3) is 0 Å². The molecular weight excluding hydrogens is 412 g/mol. The van der Waals surface area contributed by atoms with Crippen molar-refractivity contribution in [1.29, 1.82) is 0 Å². The van der Waals surface area contributed by atoms with Crippen molar-refractivity contribution in [2.45, 2.75) is 44.2 Å². The van der Waals surface area contributed by atoms with Crippen molar-refractivity contribution in [2.75, 3.05) is 13.7 Å². The molecule has 172 valence electrons.